The number of aliphatic hydroxyl groups is 1. The number of hydrogen-bond acceptors (Lipinski definition) is 4. The Bertz CT molecular complexity index is 375. The zero-order valence-corrected chi connectivity index (χ0v) is 9.14. The van der Waals surface area contributed by atoms with Crippen LogP contribution in [0.5, 0.6) is 11.5 Å². The molecule has 0 fully saturated rings. The van der Waals surface area contributed by atoms with Crippen LogP contribution in [0.4, 0.5) is 0 Å². The highest BCUT2D eigenvalue weighted by Crippen LogP contribution is 2.31. The number of rotatable bonds is 5. The Balaban J connectivity index is 2.99. The molecule has 0 spiro atoms. The maximum absolute atomic E-state index is 10.5. The van der Waals surface area contributed by atoms with Crippen LogP contribution in [-0.2, 0) is 11.2 Å². The van der Waals surface area contributed by atoms with Crippen LogP contribution < -0.4 is 9.47 Å². The summed E-state index contributed by atoms with van der Waals surface area (Å²) in [6, 6.07) is 5.11. The minimum Gasteiger partial charge on any atom is -0.493 e. The predicted molar refractivity (Wildman–Crippen MR) is 56.9 cm³/mol. The lowest BCUT2D eigenvalue weighted by molar-refractivity contribution is -0.146. The highest BCUT2D eigenvalue weighted by molar-refractivity contribution is 5.72. The number of hydrogen-bond donors (Lipinski definition) is 2. The Morgan fingerprint density at radius 2 is 2.06 bits per heavy atom. The molecular weight excluding hydrogens is 212 g/mol. The van der Waals surface area contributed by atoms with Crippen molar-refractivity contribution in [2.45, 2.75) is 12.5 Å². The zero-order valence-electron chi connectivity index (χ0n) is 9.14. The Kier molecular flexibility index (Phi) is 4.13. The lowest BCUT2D eigenvalue weighted by atomic mass is 10.1. The quantitative estimate of drug-likeness (QED) is 0.772. The van der Waals surface area contributed by atoms with E-state index in [0.717, 1.165) is 0 Å². The van der Waals surface area contributed by atoms with E-state index in [2.05, 4.69) is 0 Å². The third-order valence-electron chi connectivity index (χ3n) is 2.18. The summed E-state index contributed by atoms with van der Waals surface area (Å²) in [6.07, 6.45) is -1.46. The topological polar surface area (TPSA) is 76.0 Å². The van der Waals surface area contributed by atoms with E-state index in [0.29, 0.717) is 17.1 Å². The summed E-state index contributed by atoms with van der Waals surface area (Å²) < 4.78 is 10.2. The molecule has 0 saturated carbocycles. The second kappa shape index (κ2) is 5.37. The molecule has 0 aliphatic rings. The largest absolute Gasteiger partial charge is 0.493 e. The first-order chi connectivity index (χ1) is 7.60. The third kappa shape index (κ3) is 2.64. The molecule has 0 aliphatic heterocycles. The lowest BCUT2D eigenvalue weighted by Crippen LogP contribution is -2.22. The molecule has 16 heavy (non-hydrogen) atoms. The van der Waals surface area contributed by atoms with Gasteiger partial charge in [-0.1, -0.05) is 12.1 Å². The third-order valence-corrected chi connectivity index (χ3v) is 2.18. The maximum Gasteiger partial charge on any atom is 0.332 e. The van der Waals surface area contributed by atoms with E-state index in [-0.39, 0.29) is 6.42 Å². The van der Waals surface area contributed by atoms with Crippen LogP contribution >= 0.6 is 0 Å². The van der Waals surface area contributed by atoms with E-state index in [1.165, 1.54) is 14.2 Å². The second-order valence-corrected chi connectivity index (χ2v) is 3.21. The molecular formula is C11H14O5. The lowest BCUT2D eigenvalue weighted by Gasteiger charge is -2.13. The van der Waals surface area contributed by atoms with Crippen LogP contribution in [0.3, 0.4) is 0 Å². The Morgan fingerprint density at radius 1 is 1.38 bits per heavy atom. The maximum atomic E-state index is 10.5. The van der Waals surface area contributed by atoms with Crippen molar-refractivity contribution in [3.05, 3.63) is 23.8 Å². The molecule has 1 atom stereocenters. The van der Waals surface area contributed by atoms with Crippen LogP contribution in [-0.4, -0.2) is 36.5 Å². The molecule has 0 radical (unpaired) electrons. The zero-order chi connectivity index (χ0) is 12.1. The Hall–Kier alpha value is -1.75. The monoisotopic (exact) mass is 226 g/mol. The first-order valence-electron chi connectivity index (χ1n) is 4.71. The SMILES string of the molecule is COc1cccc(CC(O)C(=O)O)c1OC. The van der Waals surface area contributed by atoms with Gasteiger partial charge in [0.05, 0.1) is 14.2 Å². The van der Waals surface area contributed by atoms with Crippen LogP contribution in [0.2, 0.25) is 0 Å². The van der Waals surface area contributed by atoms with Gasteiger partial charge in [-0.15, -0.1) is 0 Å². The highest BCUT2D eigenvalue weighted by Gasteiger charge is 2.18. The van der Waals surface area contributed by atoms with Crippen molar-refractivity contribution in [1.82, 2.24) is 0 Å². The van der Waals surface area contributed by atoms with Crippen LogP contribution in [0.25, 0.3) is 0 Å². The van der Waals surface area contributed by atoms with Gasteiger partial charge in [-0.2, -0.15) is 0 Å². The van der Waals surface area contributed by atoms with Crippen molar-refractivity contribution in [1.29, 1.82) is 0 Å². The highest BCUT2D eigenvalue weighted by atomic mass is 16.5. The van der Waals surface area contributed by atoms with Gasteiger partial charge in [0.2, 0.25) is 0 Å². The standard InChI is InChI=1S/C11H14O5/c1-15-9-5-3-4-7(10(9)16-2)6-8(12)11(13)14/h3-5,8,12H,6H2,1-2H3,(H,13,14). The molecule has 0 heterocycles. The van der Waals surface area contributed by atoms with E-state index in [1.807, 2.05) is 0 Å². The number of methoxy groups -OCH3 is 2. The van der Waals surface area contributed by atoms with Gasteiger partial charge in [0.1, 0.15) is 0 Å². The van der Waals surface area contributed by atoms with E-state index < -0.39 is 12.1 Å². The number of aliphatic hydroxyl groups excluding tert-OH is 1. The van der Waals surface area contributed by atoms with E-state index in [1.54, 1.807) is 18.2 Å². The summed E-state index contributed by atoms with van der Waals surface area (Å²) >= 11 is 0. The van der Waals surface area contributed by atoms with E-state index in [9.17, 15) is 9.90 Å². The molecule has 1 rings (SSSR count). The van der Waals surface area contributed by atoms with Gasteiger partial charge in [0.25, 0.3) is 0 Å². The fourth-order valence-electron chi connectivity index (χ4n) is 1.41. The van der Waals surface area contributed by atoms with Crippen molar-refractivity contribution in [2.75, 3.05) is 14.2 Å². The van der Waals surface area contributed by atoms with Gasteiger partial charge < -0.3 is 19.7 Å². The molecule has 0 bridgehead atoms. The predicted octanol–water partition coefficient (Wildman–Crippen LogP) is 0.692. The molecule has 0 aromatic heterocycles. The molecule has 2 N–H and O–H groups in total. The van der Waals surface area contributed by atoms with Gasteiger partial charge >= 0.3 is 5.97 Å². The van der Waals surface area contributed by atoms with E-state index in [4.69, 9.17) is 14.6 Å². The second-order valence-electron chi connectivity index (χ2n) is 3.21. The number of benzene rings is 1. The van der Waals surface area contributed by atoms with Crippen LogP contribution in [0, 0.1) is 0 Å². The van der Waals surface area contributed by atoms with Crippen molar-refractivity contribution in [3.63, 3.8) is 0 Å². The molecule has 0 amide bonds. The normalized spacial score (nSPS) is 11.9. The Morgan fingerprint density at radius 3 is 2.56 bits per heavy atom. The van der Waals surface area contributed by atoms with Gasteiger partial charge in [-0.05, 0) is 6.07 Å². The number of aliphatic carboxylic acids is 1. The molecule has 0 aliphatic carbocycles. The average molecular weight is 226 g/mol. The molecule has 1 aromatic rings. The van der Waals surface area contributed by atoms with Crippen molar-refractivity contribution < 1.29 is 24.5 Å². The van der Waals surface area contributed by atoms with Gasteiger partial charge in [-0.25, -0.2) is 4.79 Å². The first kappa shape index (κ1) is 12.3. The van der Waals surface area contributed by atoms with Gasteiger partial charge in [0.15, 0.2) is 17.6 Å². The van der Waals surface area contributed by atoms with Crippen LogP contribution in [0.1, 0.15) is 5.56 Å². The fraction of sp³-hybridized carbons (Fsp3) is 0.364. The summed E-state index contributed by atoms with van der Waals surface area (Å²) in [5.74, 6) is -0.298. The van der Waals surface area contributed by atoms with Crippen molar-refractivity contribution in [2.24, 2.45) is 0 Å². The summed E-state index contributed by atoms with van der Waals surface area (Å²) in [5, 5.41) is 17.9. The summed E-state index contributed by atoms with van der Waals surface area (Å²) in [4.78, 5) is 10.5. The number of carbonyl (C=O) groups is 1. The summed E-state index contributed by atoms with van der Waals surface area (Å²) in [6.45, 7) is 0. The number of carboxylic acids is 1. The molecule has 0 saturated heterocycles. The van der Waals surface area contributed by atoms with Crippen LogP contribution in [0.15, 0.2) is 18.2 Å². The summed E-state index contributed by atoms with van der Waals surface area (Å²) in [5.41, 5.74) is 0.594. The molecule has 88 valence electrons. The van der Waals surface area contributed by atoms with Gasteiger partial charge in [-0.3, -0.25) is 0 Å². The number of ether oxygens (including phenoxy) is 2. The minimum absolute atomic E-state index is 0.0181. The Labute approximate surface area is 93.2 Å². The smallest absolute Gasteiger partial charge is 0.332 e. The van der Waals surface area contributed by atoms with Crippen molar-refractivity contribution >= 4 is 5.97 Å². The molecule has 1 aromatic carbocycles. The first-order valence-corrected chi connectivity index (χ1v) is 4.71. The summed E-state index contributed by atoms with van der Waals surface area (Å²) in [7, 11) is 2.96. The molecule has 1 unspecified atom stereocenters. The number of para-hydroxylation sites is 1. The van der Waals surface area contributed by atoms with E-state index >= 15 is 0 Å². The minimum atomic E-state index is -1.44. The molecule has 5 nitrogen and oxygen atoms in total. The average Bonchev–Trinajstić information content (AvgIpc) is 2.28. The van der Waals surface area contributed by atoms with Crippen molar-refractivity contribution in [3.8, 4) is 11.5 Å². The van der Waals surface area contributed by atoms with Gasteiger partial charge in [0, 0.05) is 12.0 Å². The molecule has 5 heteroatoms. The number of carboxylic acid groups (broad SMARTS) is 1. The fourth-order valence-corrected chi connectivity index (χ4v) is 1.41.